The minimum atomic E-state index is -0.0842. The average molecular weight is 259 g/mol. The molecule has 5 nitrogen and oxygen atoms in total. The highest BCUT2D eigenvalue weighted by Gasteiger charge is 2.29. The molecule has 0 aliphatic heterocycles. The summed E-state index contributed by atoms with van der Waals surface area (Å²) in [6.45, 7) is 0.530. The Bertz CT molecular complexity index is 602. The van der Waals surface area contributed by atoms with Crippen LogP contribution in [0.15, 0.2) is 24.3 Å². The lowest BCUT2D eigenvalue weighted by molar-refractivity contribution is -0.121. The molecule has 0 spiro atoms. The Balaban J connectivity index is 1.91. The summed E-state index contributed by atoms with van der Waals surface area (Å²) in [5.74, 6) is 1.43. The van der Waals surface area contributed by atoms with Crippen molar-refractivity contribution in [2.45, 2.75) is 25.3 Å². The Morgan fingerprint density at radius 2 is 2.21 bits per heavy atom. The molecule has 2 N–H and O–H groups in total. The van der Waals surface area contributed by atoms with Crippen LogP contribution in [0.5, 0.6) is 0 Å². The van der Waals surface area contributed by atoms with Crippen molar-refractivity contribution in [3.8, 4) is 0 Å². The molecule has 0 bridgehead atoms. The number of para-hydroxylation sites is 2. The van der Waals surface area contributed by atoms with Crippen molar-refractivity contribution in [1.82, 2.24) is 14.9 Å². The molecule has 3 rings (SSSR count). The van der Waals surface area contributed by atoms with E-state index in [4.69, 9.17) is 5.11 Å². The maximum Gasteiger partial charge on any atom is 0.240 e. The van der Waals surface area contributed by atoms with Crippen molar-refractivity contribution in [3.63, 3.8) is 0 Å². The number of carbonyl (C=O) groups excluding carboxylic acids is 1. The number of carbonyl (C=O) groups is 1. The van der Waals surface area contributed by atoms with Crippen LogP contribution in [-0.2, 0) is 11.3 Å². The maximum atomic E-state index is 11.8. The number of fused-ring (bicyclic) bond motifs is 1. The van der Waals surface area contributed by atoms with E-state index in [0.717, 1.165) is 29.7 Å². The Kier molecular flexibility index (Phi) is 3.21. The monoisotopic (exact) mass is 259 g/mol. The van der Waals surface area contributed by atoms with Crippen molar-refractivity contribution in [2.24, 2.45) is 0 Å². The number of hydrogen-bond acceptors (Lipinski definition) is 3. The number of imidazole rings is 1. The summed E-state index contributed by atoms with van der Waals surface area (Å²) < 4.78 is 2.00. The quantitative estimate of drug-likeness (QED) is 0.842. The molecular formula is C14H17N3O2. The van der Waals surface area contributed by atoms with Crippen molar-refractivity contribution < 1.29 is 9.90 Å². The molecular weight excluding hydrogens is 242 g/mol. The molecule has 0 unspecified atom stereocenters. The Hall–Kier alpha value is -1.88. The summed E-state index contributed by atoms with van der Waals surface area (Å²) in [6.07, 6.45) is 2.31. The third-order valence-electron chi connectivity index (χ3n) is 3.36. The molecule has 1 saturated carbocycles. The molecule has 0 saturated heterocycles. The minimum Gasteiger partial charge on any atom is -0.395 e. The van der Waals surface area contributed by atoms with Gasteiger partial charge < -0.3 is 15.0 Å². The number of aliphatic hydroxyl groups is 1. The zero-order valence-electron chi connectivity index (χ0n) is 10.7. The van der Waals surface area contributed by atoms with Gasteiger partial charge in [0.15, 0.2) is 0 Å². The molecule has 5 heteroatoms. The van der Waals surface area contributed by atoms with E-state index in [1.165, 1.54) is 0 Å². The summed E-state index contributed by atoms with van der Waals surface area (Å²) in [6, 6.07) is 7.89. The van der Waals surface area contributed by atoms with Gasteiger partial charge in [-0.2, -0.15) is 0 Å². The highest BCUT2D eigenvalue weighted by molar-refractivity contribution is 5.81. The van der Waals surface area contributed by atoms with E-state index in [-0.39, 0.29) is 19.1 Å². The lowest BCUT2D eigenvalue weighted by Crippen LogP contribution is -2.30. The van der Waals surface area contributed by atoms with Gasteiger partial charge in [-0.1, -0.05) is 12.1 Å². The topological polar surface area (TPSA) is 67.2 Å². The van der Waals surface area contributed by atoms with Gasteiger partial charge in [-0.05, 0) is 25.0 Å². The number of rotatable bonds is 5. The first kappa shape index (κ1) is 12.2. The average Bonchev–Trinajstić information content (AvgIpc) is 3.21. The summed E-state index contributed by atoms with van der Waals surface area (Å²) in [5, 5.41) is 11.4. The van der Waals surface area contributed by atoms with Gasteiger partial charge in [0.2, 0.25) is 5.91 Å². The Morgan fingerprint density at radius 3 is 2.95 bits per heavy atom. The van der Waals surface area contributed by atoms with Crippen LogP contribution in [0.3, 0.4) is 0 Å². The normalized spacial score (nSPS) is 14.8. The summed E-state index contributed by atoms with van der Waals surface area (Å²) >= 11 is 0. The lowest BCUT2D eigenvalue weighted by Gasteiger charge is -2.08. The van der Waals surface area contributed by atoms with Crippen molar-refractivity contribution in [1.29, 1.82) is 0 Å². The fourth-order valence-electron chi connectivity index (χ4n) is 2.31. The Morgan fingerprint density at radius 1 is 1.42 bits per heavy atom. The highest BCUT2D eigenvalue weighted by Crippen LogP contribution is 2.40. The van der Waals surface area contributed by atoms with Crippen molar-refractivity contribution in [3.05, 3.63) is 30.1 Å². The van der Waals surface area contributed by atoms with E-state index < -0.39 is 0 Å². The van der Waals surface area contributed by atoms with E-state index in [2.05, 4.69) is 10.3 Å². The van der Waals surface area contributed by atoms with Gasteiger partial charge in [0, 0.05) is 12.5 Å². The zero-order chi connectivity index (χ0) is 13.2. The number of aliphatic hydroxyl groups excluding tert-OH is 1. The maximum absolute atomic E-state index is 11.8. The summed E-state index contributed by atoms with van der Waals surface area (Å²) in [4.78, 5) is 16.5. The first-order chi connectivity index (χ1) is 9.29. The SMILES string of the molecule is O=C(Cn1c(C2CC2)nc2ccccc21)NCCO. The van der Waals surface area contributed by atoms with Gasteiger partial charge in [0.25, 0.3) is 0 Å². The number of hydrogen-bond donors (Lipinski definition) is 2. The van der Waals surface area contributed by atoms with E-state index in [0.29, 0.717) is 12.5 Å². The summed E-state index contributed by atoms with van der Waals surface area (Å²) in [5.41, 5.74) is 1.95. The minimum absolute atomic E-state index is 0.0358. The fourth-order valence-corrected chi connectivity index (χ4v) is 2.31. The van der Waals surface area contributed by atoms with Crippen LogP contribution in [0.1, 0.15) is 24.6 Å². The van der Waals surface area contributed by atoms with Crippen LogP contribution < -0.4 is 5.32 Å². The molecule has 0 radical (unpaired) electrons. The largest absolute Gasteiger partial charge is 0.395 e. The second-order valence-electron chi connectivity index (χ2n) is 4.89. The van der Waals surface area contributed by atoms with Gasteiger partial charge in [0.1, 0.15) is 12.4 Å². The van der Waals surface area contributed by atoms with E-state index in [9.17, 15) is 4.79 Å². The molecule has 1 amide bonds. The molecule has 1 aliphatic rings. The standard InChI is InChI=1S/C14H17N3O2/c18-8-7-15-13(19)9-17-12-4-2-1-3-11(12)16-14(17)10-5-6-10/h1-4,10,18H,5-9H2,(H,15,19). The van der Waals surface area contributed by atoms with Gasteiger partial charge in [-0.15, -0.1) is 0 Å². The van der Waals surface area contributed by atoms with E-state index in [1.54, 1.807) is 0 Å². The molecule has 1 aromatic carbocycles. The number of amides is 1. The predicted molar refractivity (Wildman–Crippen MR) is 71.8 cm³/mol. The van der Waals surface area contributed by atoms with Crippen LogP contribution in [0, 0.1) is 0 Å². The molecule has 1 heterocycles. The smallest absolute Gasteiger partial charge is 0.240 e. The van der Waals surface area contributed by atoms with Crippen LogP contribution in [0.2, 0.25) is 0 Å². The number of nitrogens with one attached hydrogen (secondary N) is 1. The second kappa shape index (κ2) is 5.01. The molecule has 0 atom stereocenters. The molecule has 100 valence electrons. The molecule has 1 aromatic heterocycles. The van der Waals surface area contributed by atoms with Gasteiger partial charge in [-0.3, -0.25) is 4.79 Å². The Labute approximate surface area is 111 Å². The van der Waals surface area contributed by atoms with Crippen LogP contribution in [-0.4, -0.2) is 33.7 Å². The van der Waals surface area contributed by atoms with Crippen LogP contribution >= 0.6 is 0 Å². The third kappa shape index (κ3) is 2.46. The van der Waals surface area contributed by atoms with Crippen molar-refractivity contribution in [2.75, 3.05) is 13.2 Å². The summed E-state index contributed by atoms with van der Waals surface area (Å²) in [7, 11) is 0. The van der Waals surface area contributed by atoms with Gasteiger partial charge >= 0.3 is 0 Å². The first-order valence-electron chi connectivity index (χ1n) is 6.62. The molecule has 2 aromatic rings. The second-order valence-corrected chi connectivity index (χ2v) is 4.89. The molecule has 1 aliphatic carbocycles. The molecule has 19 heavy (non-hydrogen) atoms. The molecule has 1 fully saturated rings. The number of nitrogens with zero attached hydrogens (tertiary/aromatic N) is 2. The van der Waals surface area contributed by atoms with Gasteiger partial charge in [-0.25, -0.2) is 4.98 Å². The van der Waals surface area contributed by atoms with Crippen LogP contribution in [0.4, 0.5) is 0 Å². The third-order valence-corrected chi connectivity index (χ3v) is 3.36. The van der Waals surface area contributed by atoms with E-state index >= 15 is 0 Å². The first-order valence-corrected chi connectivity index (χ1v) is 6.62. The van der Waals surface area contributed by atoms with Crippen LogP contribution in [0.25, 0.3) is 11.0 Å². The predicted octanol–water partition coefficient (Wildman–Crippen LogP) is 1.02. The van der Waals surface area contributed by atoms with E-state index in [1.807, 2.05) is 28.8 Å². The fraction of sp³-hybridized carbons (Fsp3) is 0.429. The number of aromatic nitrogens is 2. The zero-order valence-corrected chi connectivity index (χ0v) is 10.7. The lowest BCUT2D eigenvalue weighted by atomic mass is 10.3. The highest BCUT2D eigenvalue weighted by atomic mass is 16.3. The number of benzene rings is 1. The van der Waals surface area contributed by atoms with Gasteiger partial charge in [0.05, 0.1) is 17.6 Å². The van der Waals surface area contributed by atoms with Crippen molar-refractivity contribution >= 4 is 16.9 Å².